The van der Waals surface area contributed by atoms with Crippen LogP contribution in [-0.4, -0.2) is 25.8 Å². The van der Waals surface area contributed by atoms with Gasteiger partial charge in [-0.1, -0.05) is 29.4 Å². The predicted molar refractivity (Wildman–Crippen MR) is 114 cm³/mol. The first-order valence-electron chi connectivity index (χ1n) is 9.24. The molecule has 0 spiro atoms. The number of rotatable bonds is 5. The third kappa shape index (κ3) is 3.73. The molecule has 0 bridgehead atoms. The summed E-state index contributed by atoms with van der Waals surface area (Å²) >= 11 is 7.65. The summed E-state index contributed by atoms with van der Waals surface area (Å²) < 4.78 is 2.03. The van der Waals surface area contributed by atoms with Gasteiger partial charge in [-0.3, -0.25) is 4.68 Å². The number of halogens is 1. The zero-order valence-electron chi connectivity index (χ0n) is 15.2. The van der Waals surface area contributed by atoms with Crippen molar-refractivity contribution in [3.8, 4) is 11.4 Å². The molecule has 5 rings (SSSR count). The highest BCUT2D eigenvalue weighted by Gasteiger charge is 2.26. The minimum Gasteiger partial charge on any atom is -0.478 e. The molecule has 1 aliphatic rings. The molecule has 0 atom stereocenters. The van der Waals surface area contributed by atoms with E-state index in [2.05, 4.69) is 6.20 Å². The van der Waals surface area contributed by atoms with Crippen molar-refractivity contribution in [1.29, 1.82) is 0 Å². The Morgan fingerprint density at radius 2 is 1.90 bits per heavy atom. The lowest BCUT2D eigenvalue weighted by Gasteiger charge is -2.05. The number of hydrogen-bond donors (Lipinski definition) is 1. The molecule has 0 aliphatic heterocycles. The van der Waals surface area contributed by atoms with E-state index >= 15 is 0 Å². The molecular formula is C22H16ClN3O2S. The van der Waals surface area contributed by atoms with Crippen LogP contribution in [0.3, 0.4) is 0 Å². The standard InChI is InChI=1S/C22H16ClN3O2S/c23-15-3-7-17(8-4-15)29-20-12-26(16-5-6-16)25-21(20)19-10-1-13-11-14(22(27)28)2-9-18(13)24-19/h1-4,7-12,16H,5-6H2,(H,27,28). The number of aromatic carboxylic acids is 1. The monoisotopic (exact) mass is 421 g/mol. The van der Waals surface area contributed by atoms with Crippen molar-refractivity contribution in [2.45, 2.75) is 28.7 Å². The number of nitrogens with zero attached hydrogens (tertiary/aromatic N) is 3. The Hall–Kier alpha value is -2.83. The molecule has 0 unspecified atom stereocenters. The van der Waals surface area contributed by atoms with Gasteiger partial charge < -0.3 is 5.11 Å². The van der Waals surface area contributed by atoms with Crippen LogP contribution in [0.25, 0.3) is 22.3 Å². The zero-order valence-corrected chi connectivity index (χ0v) is 16.8. The van der Waals surface area contributed by atoms with Crippen LogP contribution in [0.15, 0.2) is 70.6 Å². The van der Waals surface area contributed by atoms with Crippen molar-refractivity contribution >= 4 is 40.2 Å². The van der Waals surface area contributed by atoms with Gasteiger partial charge in [-0.15, -0.1) is 0 Å². The second kappa shape index (κ2) is 7.21. The number of carboxylic acids is 1. The van der Waals surface area contributed by atoms with Crippen molar-refractivity contribution in [1.82, 2.24) is 14.8 Å². The molecular weight excluding hydrogens is 406 g/mol. The van der Waals surface area contributed by atoms with Crippen molar-refractivity contribution in [3.63, 3.8) is 0 Å². The molecule has 1 N–H and O–H groups in total. The van der Waals surface area contributed by atoms with E-state index < -0.39 is 5.97 Å². The van der Waals surface area contributed by atoms with Crippen LogP contribution in [0.5, 0.6) is 0 Å². The minimum atomic E-state index is -0.944. The van der Waals surface area contributed by atoms with E-state index in [0.29, 0.717) is 11.1 Å². The first-order valence-corrected chi connectivity index (χ1v) is 10.4. The van der Waals surface area contributed by atoms with E-state index in [0.717, 1.165) is 44.9 Å². The second-order valence-electron chi connectivity index (χ2n) is 7.02. The molecule has 1 fully saturated rings. The fourth-order valence-electron chi connectivity index (χ4n) is 3.17. The van der Waals surface area contributed by atoms with Crippen LogP contribution in [-0.2, 0) is 0 Å². The molecule has 4 aromatic rings. The lowest BCUT2D eigenvalue weighted by atomic mass is 10.1. The molecule has 5 nitrogen and oxygen atoms in total. The molecule has 144 valence electrons. The smallest absolute Gasteiger partial charge is 0.335 e. The van der Waals surface area contributed by atoms with Gasteiger partial charge in [-0.2, -0.15) is 5.10 Å². The fourth-order valence-corrected chi connectivity index (χ4v) is 4.23. The molecule has 29 heavy (non-hydrogen) atoms. The van der Waals surface area contributed by atoms with Crippen molar-refractivity contribution in [3.05, 3.63) is 71.4 Å². The number of carbonyl (C=O) groups is 1. The van der Waals surface area contributed by atoms with Crippen LogP contribution in [0.4, 0.5) is 0 Å². The van der Waals surface area contributed by atoms with E-state index in [1.807, 2.05) is 41.1 Å². The van der Waals surface area contributed by atoms with E-state index in [1.165, 1.54) is 0 Å². The van der Waals surface area contributed by atoms with Crippen LogP contribution in [0.2, 0.25) is 5.02 Å². The highest BCUT2D eigenvalue weighted by Crippen LogP contribution is 2.40. The number of carboxylic acid groups (broad SMARTS) is 1. The van der Waals surface area contributed by atoms with E-state index in [9.17, 15) is 9.90 Å². The van der Waals surface area contributed by atoms with Crippen LogP contribution < -0.4 is 0 Å². The van der Waals surface area contributed by atoms with E-state index in [-0.39, 0.29) is 5.56 Å². The first kappa shape index (κ1) is 18.2. The van der Waals surface area contributed by atoms with Gasteiger partial charge in [0.05, 0.1) is 27.7 Å². The third-order valence-electron chi connectivity index (χ3n) is 4.84. The third-order valence-corrected chi connectivity index (χ3v) is 6.12. The molecule has 2 aromatic carbocycles. The van der Waals surface area contributed by atoms with Crippen molar-refractivity contribution in [2.75, 3.05) is 0 Å². The van der Waals surface area contributed by atoms with E-state index in [4.69, 9.17) is 21.7 Å². The Kier molecular flexibility index (Phi) is 4.53. The van der Waals surface area contributed by atoms with Gasteiger partial charge in [0.15, 0.2) is 0 Å². The van der Waals surface area contributed by atoms with Gasteiger partial charge in [-0.25, -0.2) is 9.78 Å². The summed E-state index contributed by atoms with van der Waals surface area (Å²) in [5, 5.41) is 15.5. The average molecular weight is 422 g/mol. The number of aromatic nitrogens is 3. The molecule has 1 saturated carbocycles. The summed E-state index contributed by atoms with van der Waals surface area (Å²) in [4.78, 5) is 18.1. The molecule has 2 aromatic heterocycles. The van der Waals surface area contributed by atoms with Crippen LogP contribution in [0, 0.1) is 0 Å². The predicted octanol–water partition coefficient (Wildman–Crippen LogP) is 5.94. The maximum absolute atomic E-state index is 11.2. The summed E-state index contributed by atoms with van der Waals surface area (Å²) in [6, 6.07) is 17.0. The lowest BCUT2D eigenvalue weighted by molar-refractivity contribution is 0.0697. The normalized spacial score (nSPS) is 13.7. The van der Waals surface area contributed by atoms with Crippen molar-refractivity contribution < 1.29 is 9.90 Å². The summed E-state index contributed by atoms with van der Waals surface area (Å²) in [7, 11) is 0. The maximum atomic E-state index is 11.2. The average Bonchev–Trinajstić information content (AvgIpc) is 3.49. The fraction of sp³-hybridized carbons (Fsp3) is 0.136. The van der Waals surface area contributed by atoms with Crippen molar-refractivity contribution in [2.24, 2.45) is 0 Å². The van der Waals surface area contributed by atoms with Gasteiger partial charge >= 0.3 is 5.97 Å². The number of pyridine rings is 1. The quantitative estimate of drug-likeness (QED) is 0.432. The minimum absolute atomic E-state index is 0.254. The summed E-state index contributed by atoms with van der Waals surface area (Å²) in [6.07, 6.45) is 4.39. The summed E-state index contributed by atoms with van der Waals surface area (Å²) in [5.41, 5.74) is 2.61. The molecule has 1 aliphatic carbocycles. The largest absolute Gasteiger partial charge is 0.478 e. The Bertz CT molecular complexity index is 1230. The van der Waals surface area contributed by atoms with Crippen LogP contribution >= 0.6 is 23.4 Å². The Morgan fingerprint density at radius 3 is 2.62 bits per heavy atom. The number of benzene rings is 2. The van der Waals surface area contributed by atoms with E-state index in [1.54, 1.807) is 30.0 Å². The van der Waals surface area contributed by atoms with Gasteiger partial charge in [0.1, 0.15) is 5.69 Å². The first-order chi connectivity index (χ1) is 14.1. The molecule has 0 radical (unpaired) electrons. The zero-order chi connectivity index (χ0) is 20.0. The maximum Gasteiger partial charge on any atom is 0.335 e. The molecule has 0 saturated heterocycles. The van der Waals surface area contributed by atoms with Crippen LogP contribution in [0.1, 0.15) is 29.2 Å². The molecule has 2 heterocycles. The van der Waals surface area contributed by atoms with Gasteiger partial charge in [0, 0.05) is 21.5 Å². The topological polar surface area (TPSA) is 68.0 Å². The Labute approximate surface area is 176 Å². The Morgan fingerprint density at radius 1 is 1.10 bits per heavy atom. The van der Waals surface area contributed by atoms with Gasteiger partial charge in [0.25, 0.3) is 0 Å². The SMILES string of the molecule is O=C(O)c1ccc2nc(-c3nn(C4CC4)cc3Sc3ccc(Cl)cc3)ccc2c1. The highest BCUT2D eigenvalue weighted by atomic mass is 35.5. The lowest BCUT2D eigenvalue weighted by Crippen LogP contribution is -1.97. The summed E-state index contributed by atoms with van der Waals surface area (Å²) in [6.45, 7) is 0. The number of hydrogen-bond acceptors (Lipinski definition) is 4. The van der Waals surface area contributed by atoms with Gasteiger partial charge in [0.2, 0.25) is 0 Å². The molecule has 0 amide bonds. The van der Waals surface area contributed by atoms with Gasteiger partial charge in [-0.05, 0) is 61.4 Å². The summed E-state index contributed by atoms with van der Waals surface area (Å²) in [5.74, 6) is -0.944. The highest BCUT2D eigenvalue weighted by molar-refractivity contribution is 7.99. The molecule has 7 heteroatoms. The number of fused-ring (bicyclic) bond motifs is 1. The Balaban J connectivity index is 1.56. The second-order valence-corrected chi connectivity index (χ2v) is 8.57.